The number of aromatic nitrogens is 5. The number of esters is 1. The van der Waals surface area contributed by atoms with Gasteiger partial charge in [-0.25, -0.2) is 19.6 Å². The summed E-state index contributed by atoms with van der Waals surface area (Å²) in [5.74, 6) is 0.862. The van der Waals surface area contributed by atoms with Gasteiger partial charge in [-0.1, -0.05) is 12.1 Å². The zero-order valence-electron chi connectivity index (χ0n) is 16.8. The summed E-state index contributed by atoms with van der Waals surface area (Å²) < 4.78 is 4.70. The minimum absolute atomic E-state index is 0.0610. The lowest BCUT2D eigenvalue weighted by molar-refractivity contribution is 0.0600. The lowest BCUT2D eigenvalue weighted by Crippen LogP contribution is -2.32. The predicted molar refractivity (Wildman–Crippen MR) is 112 cm³/mol. The maximum absolute atomic E-state index is 11.5. The summed E-state index contributed by atoms with van der Waals surface area (Å²) in [7, 11) is 1.34. The number of nitrogens with one attached hydrogen (secondary N) is 4. The number of hydrogen-bond donors (Lipinski definition) is 4. The first-order valence-corrected chi connectivity index (χ1v) is 9.59. The molecular weight excluding hydrogens is 402 g/mol. The average molecular weight is 423 g/mol. The number of carbonyl (C=O) groups excluding carboxylic acids is 2. The van der Waals surface area contributed by atoms with Crippen molar-refractivity contribution in [3.63, 3.8) is 0 Å². The number of carbonyl (C=O) groups is 2. The van der Waals surface area contributed by atoms with Crippen LogP contribution in [0.5, 0.6) is 0 Å². The standard InChI is InChI=1S/C19H21N9O3/c1-31-16(29)13-4-2-12(3-5-13)14-10-15(27-26-14)24-18-23-11-22-17(25-18)20-6-8-28-9-7-21-19(28)30/h2-5,10-11H,6-9H2,1H3,(H,21,30)(H3,20,22,23,24,25,26,27). The Morgan fingerprint density at radius 1 is 1.23 bits per heavy atom. The van der Waals surface area contributed by atoms with E-state index in [0.717, 1.165) is 11.3 Å². The van der Waals surface area contributed by atoms with Crippen molar-refractivity contribution in [3.05, 3.63) is 42.2 Å². The van der Waals surface area contributed by atoms with Crippen molar-refractivity contribution in [2.45, 2.75) is 0 Å². The summed E-state index contributed by atoms with van der Waals surface area (Å²) in [5, 5.41) is 16.0. The Kier molecular flexibility index (Phi) is 5.87. The number of H-pyrrole nitrogens is 1. The summed E-state index contributed by atoms with van der Waals surface area (Å²) in [6, 6.07) is 8.71. The Balaban J connectivity index is 1.35. The molecule has 0 radical (unpaired) electrons. The topological polar surface area (TPSA) is 150 Å². The number of benzene rings is 1. The molecule has 3 aromatic rings. The zero-order chi connectivity index (χ0) is 21.6. The van der Waals surface area contributed by atoms with Gasteiger partial charge in [0.15, 0.2) is 5.82 Å². The van der Waals surface area contributed by atoms with Crippen LogP contribution in [0.15, 0.2) is 36.7 Å². The van der Waals surface area contributed by atoms with E-state index < -0.39 is 0 Å². The van der Waals surface area contributed by atoms with E-state index in [4.69, 9.17) is 4.74 Å². The van der Waals surface area contributed by atoms with Gasteiger partial charge in [0.05, 0.1) is 18.4 Å². The molecule has 0 aliphatic carbocycles. The van der Waals surface area contributed by atoms with E-state index in [-0.39, 0.29) is 12.0 Å². The Morgan fingerprint density at radius 3 is 2.77 bits per heavy atom. The largest absolute Gasteiger partial charge is 0.465 e. The van der Waals surface area contributed by atoms with Gasteiger partial charge in [-0.15, -0.1) is 0 Å². The molecule has 0 spiro atoms. The van der Waals surface area contributed by atoms with Crippen LogP contribution in [0.25, 0.3) is 11.3 Å². The van der Waals surface area contributed by atoms with Crippen LogP contribution in [0.3, 0.4) is 0 Å². The molecule has 4 rings (SSSR count). The van der Waals surface area contributed by atoms with Crippen LogP contribution >= 0.6 is 0 Å². The van der Waals surface area contributed by atoms with Crippen LogP contribution in [-0.2, 0) is 4.74 Å². The smallest absolute Gasteiger partial charge is 0.337 e. The average Bonchev–Trinajstić information content (AvgIpc) is 3.43. The Morgan fingerprint density at radius 2 is 2.03 bits per heavy atom. The van der Waals surface area contributed by atoms with Gasteiger partial charge in [0, 0.05) is 32.2 Å². The van der Waals surface area contributed by atoms with E-state index in [1.807, 2.05) is 0 Å². The van der Waals surface area contributed by atoms with Crippen molar-refractivity contribution >= 4 is 29.7 Å². The number of methoxy groups -OCH3 is 1. The molecule has 4 N–H and O–H groups in total. The van der Waals surface area contributed by atoms with E-state index in [2.05, 4.69) is 41.1 Å². The molecule has 3 heterocycles. The fourth-order valence-corrected chi connectivity index (χ4v) is 3.02. The summed E-state index contributed by atoms with van der Waals surface area (Å²) in [6.07, 6.45) is 1.39. The maximum atomic E-state index is 11.5. The normalized spacial score (nSPS) is 13.1. The molecule has 0 atom stereocenters. The molecule has 1 aromatic carbocycles. The number of nitrogens with zero attached hydrogens (tertiary/aromatic N) is 5. The monoisotopic (exact) mass is 423 g/mol. The number of rotatable bonds is 8. The number of amides is 2. The first-order chi connectivity index (χ1) is 15.1. The van der Waals surface area contributed by atoms with Crippen molar-refractivity contribution in [2.24, 2.45) is 0 Å². The van der Waals surface area contributed by atoms with Crippen molar-refractivity contribution < 1.29 is 14.3 Å². The molecule has 1 aliphatic heterocycles. The Hall–Kier alpha value is -4.22. The quantitative estimate of drug-likeness (QED) is 0.392. The maximum Gasteiger partial charge on any atom is 0.337 e. The number of anilines is 3. The molecule has 2 amide bonds. The molecule has 0 unspecified atom stereocenters. The zero-order valence-corrected chi connectivity index (χ0v) is 16.8. The molecule has 12 nitrogen and oxygen atoms in total. The summed E-state index contributed by atoms with van der Waals surface area (Å²) in [4.78, 5) is 37.3. The highest BCUT2D eigenvalue weighted by atomic mass is 16.5. The third-order valence-electron chi connectivity index (χ3n) is 4.62. The Labute approximate surface area is 177 Å². The van der Waals surface area contributed by atoms with Gasteiger partial charge < -0.3 is 25.6 Å². The van der Waals surface area contributed by atoms with Crippen LogP contribution in [0.1, 0.15) is 10.4 Å². The second kappa shape index (κ2) is 9.07. The molecule has 1 saturated heterocycles. The minimum Gasteiger partial charge on any atom is -0.465 e. The van der Waals surface area contributed by atoms with E-state index in [1.54, 1.807) is 35.2 Å². The van der Waals surface area contributed by atoms with Gasteiger partial charge in [0.1, 0.15) is 6.33 Å². The van der Waals surface area contributed by atoms with Crippen LogP contribution in [-0.4, -0.2) is 75.3 Å². The van der Waals surface area contributed by atoms with E-state index >= 15 is 0 Å². The van der Waals surface area contributed by atoms with Crippen molar-refractivity contribution in [2.75, 3.05) is 43.9 Å². The fourth-order valence-electron chi connectivity index (χ4n) is 3.02. The molecule has 1 fully saturated rings. The number of aromatic amines is 1. The lowest BCUT2D eigenvalue weighted by atomic mass is 10.1. The van der Waals surface area contributed by atoms with Crippen LogP contribution in [0.2, 0.25) is 0 Å². The molecule has 0 saturated carbocycles. The van der Waals surface area contributed by atoms with Gasteiger partial charge in [-0.05, 0) is 17.7 Å². The van der Waals surface area contributed by atoms with Crippen LogP contribution in [0, 0.1) is 0 Å². The number of urea groups is 1. The summed E-state index contributed by atoms with van der Waals surface area (Å²) in [5.41, 5.74) is 2.09. The van der Waals surface area contributed by atoms with Gasteiger partial charge in [0.2, 0.25) is 11.9 Å². The van der Waals surface area contributed by atoms with Gasteiger partial charge in [-0.3, -0.25) is 5.10 Å². The fraction of sp³-hybridized carbons (Fsp3) is 0.263. The second-order valence-corrected chi connectivity index (χ2v) is 6.64. The highest BCUT2D eigenvalue weighted by molar-refractivity contribution is 5.89. The second-order valence-electron chi connectivity index (χ2n) is 6.64. The number of hydrogen-bond acceptors (Lipinski definition) is 9. The van der Waals surface area contributed by atoms with Crippen molar-refractivity contribution in [1.82, 2.24) is 35.4 Å². The van der Waals surface area contributed by atoms with Gasteiger partial charge in [0.25, 0.3) is 0 Å². The SMILES string of the molecule is COC(=O)c1ccc(-c2cc(Nc3ncnc(NCCN4CCNC4=O)n3)n[nH]2)cc1. The molecule has 160 valence electrons. The predicted octanol–water partition coefficient (Wildman–Crippen LogP) is 1.23. The highest BCUT2D eigenvalue weighted by Crippen LogP contribution is 2.21. The third kappa shape index (κ3) is 4.86. The van der Waals surface area contributed by atoms with Crippen LogP contribution < -0.4 is 16.0 Å². The van der Waals surface area contributed by atoms with E-state index in [1.165, 1.54) is 13.4 Å². The first-order valence-electron chi connectivity index (χ1n) is 9.59. The van der Waals surface area contributed by atoms with Crippen LogP contribution in [0.4, 0.5) is 22.5 Å². The molecule has 2 aromatic heterocycles. The molecule has 12 heteroatoms. The molecule has 31 heavy (non-hydrogen) atoms. The minimum atomic E-state index is -0.388. The first kappa shape index (κ1) is 20.1. The molecule has 1 aliphatic rings. The lowest BCUT2D eigenvalue weighted by Gasteiger charge is -2.14. The van der Waals surface area contributed by atoms with E-state index in [9.17, 15) is 9.59 Å². The third-order valence-corrected chi connectivity index (χ3v) is 4.62. The van der Waals surface area contributed by atoms with Gasteiger partial charge >= 0.3 is 12.0 Å². The number of ether oxygens (including phenoxy) is 1. The molecular formula is C19H21N9O3. The summed E-state index contributed by atoms with van der Waals surface area (Å²) in [6.45, 7) is 2.43. The van der Waals surface area contributed by atoms with Gasteiger partial charge in [-0.2, -0.15) is 10.1 Å². The summed E-state index contributed by atoms with van der Waals surface area (Å²) >= 11 is 0. The highest BCUT2D eigenvalue weighted by Gasteiger charge is 2.18. The van der Waals surface area contributed by atoms with E-state index in [0.29, 0.717) is 49.5 Å². The Bertz CT molecular complexity index is 1070. The van der Waals surface area contributed by atoms with Crippen molar-refractivity contribution in [1.29, 1.82) is 0 Å². The molecule has 0 bridgehead atoms. The van der Waals surface area contributed by atoms with Crippen molar-refractivity contribution in [3.8, 4) is 11.3 Å².